The molecule has 0 spiro atoms. The summed E-state index contributed by atoms with van der Waals surface area (Å²) in [6, 6.07) is 4.06. The number of benzene rings is 1. The van der Waals surface area contributed by atoms with E-state index in [1.807, 2.05) is 12.1 Å². The number of aliphatic imine (C=N–C) groups is 1. The second-order valence-electron chi connectivity index (χ2n) is 6.50. The van der Waals surface area contributed by atoms with Gasteiger partial charge in [0.1, 0.15) is 5.76 Å². The molecule has 166 valence electrons. The summed E-state index contributed by atoms with van der Waals surface area (Å²) in [6.07, 6.45) is 4.20. The van der Waals surface area contributed by atoms with E-state index in [0.29, 0.717) is 31.2 Å². The lowest BCUT2D eigenvalue weighted by atomic mass is 10.1. The van der Waals surface area contributed by atoms with Crippen LogP contribution in [-0.4, -0.2) is 32.4 Å². The van der Waals surface area contributed by atoms with Gasteiger partial charge in [0, 0.05) is 37.7 Å². The summed E-state index contributed by atoms with van der Waals surface area (Å²) in [7, 11) is 5.04. The first-order chi connectivity index (χ1) is 14.1. The quantitative estimate of drug-likeness (QED) is 0.210. The summed E-state index contributed by atoms with van der Waals surface area (Å²) < 4.78 is 16.4. The number of halogens is 1. The van der Waals surface area contributed by atoms with Crippen LogP contribution in [0.4, 0.5) is 0 Å². The summed E-state index contributed by atoms with van der Waals surface area (Å²) in [5, 5.41) is 10.9. The van der Waals surface area contributed by atoms with Gasteiger partial charge in [-0.15, -0.1) is 30.6 Å². The first-order valence-corrected chi connectivity index (χ1v) is 9.87. The first kappa shape index (κ1) is 25.8. The molecule has 2 aromatic rings. The monoisotopic (exact) mass is 528 g/mol. The van der Waals surface area contributed by atoms with E-state index in [1.54, 1.807) is 21.3 Å². The summed E-state index contributed by atoms with van der Waals surface area (Å²) in [5.41, 5.74) is 4.19. The minimum absolute atomic E-state index is 0. The van der Waals surface area contributed by atoms with Gasteiger partial charge < -0.3 is 24.6 Å². The molecule has 30 heavy (non-hydrogen) atoms. The Morgan fingerprint density at radius 3 is 2.47 bits per heavy atom. The Morgan fingerprint density at radius 2 is 1.90 bits per heavy atom. The lowest BCUT2D eigenvalue weighted by Gasteiger charge is -2.16. The van der Waals surface area contributed by atoms with E-state index >= 15 is 0 Å². The van der Waals surface area contributed by atoms with Crippen LogP contribution in [0.1, 0.15) is 42.0 Å². The Balaban J connectivity index is 0.00000450. The van der Waals surface area contributed by atoms with Crippen molar-refractivity contribution < 1.29 is 14.0 Å². The Kier molecular flexibility index (Phi) is 11.3. The van der Waals surface area contributed by atoms with Gasteiger partial charge in [0.15, 0.2) is 17.5 Å². The number of hydrogen-bond donors (Lipinski definition) is 2. The summed E-state index contributed by atoms with van der Waals surface area (Å²) in [5.74, 6) is 3.07. The van der Waals surface area contributed by atoms with Crippen LogP contribution in [0.3, 0.4) is 0 Å². The van der Waals surface area contributed by atoms with Crippen molar-refractivity contribution >= 4 is 29.9 Å². The van der Waals surface area contributed by atoms with Gasteiger partial charge in [0.05, 0.1) is 19.9 Å². The zero-order valence-electron chi connectivity index (χ0n) is 18.5. The minimum atomic E-state index is 0. The third kappa shape index (κ3) is 6.38. The Labute approximate surface area is 196 Å². The molecule has 0 bridgehead atoms. The zero-order valence-corrected chi connectivity index (χ0v) is 20.8. The fourth-order valence-corrected chi connectivity index (χ4v) is 3.23. The molecule has 0 saturated carbocycles. The predicted octanol–water partition coefficient (Wildman–Crippen LogP) is 4.03. The molecule has 0 amide bonds. The highest BCUT2D eigenvalue weighted by atomic mass is 127. The van der Waals surface area contributed by atoms with Crippen molar-refractivity contribution in [1.29, 1.82) is 0 Å². The molecule has 0 unspecified atom stereocenters. The van der Waals surface area contributed by atoms with Crippen molar-refractivity contribution in [2.75, 3.05) is 21.3 Å². The predicted molar refractivity (Wildman–Crippen MR) is 131 cm³/mol. The van der Waals surface area contributed by atoms with Crippen LogP contribution in [0.15, 0.2) is 34.3 Å². The molecular weight excluding hydrogens is 495 g/mol. The van der Waals surface area contributed by atoms with Crippen LogP contribution < -0.4 is 20.1 Å². The maximum atomic E-state index is 5.50. The molecule has 7 nitrogen and oxygen atoms in total. The van der Waals surface area contributed by atoms with Crippen LogP contribution in [-0.2, 0) is 32.4 Å². The molecule has 1 heterocycles. The number of aromatic nitrogens is 1. The molecule has 1 aromatic heterocycles. The Bertz CT molecular complexity index is 828. The molecule has 0 fully saturated rings. The summed E-state index contributed by atoms with van der Waals surface area (Å²) >= 11 is 0. The van der Waals surface area contributed by atoms with Crippen LogP contribution in [0.5, 0.6) is 11.5 Å². The number of nitrogens with one attached hydrogen (secondary N) is 2. The molecule has 0 aliphatic carbocycles. The van der Waals surface area contributed by atoms with Gasteiger partial charge in [0.25, 0.3) is 0 Å². The van der Waals surface area contributed by atoms with Gasteiger partial charge in [-0.05, 0) is 30.5 Å². The molecule has 0 aliphatic rings. The SMILES string of the molecule is C=CCc1cc(CNC(=NC)NCc2c(CC)noc2CC)cc(OC)c1OC.I. The number of aryl methyl sites for hydroxylation is 2. The van der Waals surface area contributed by atoms with Gasteiger partial charge in [-0.25, -0.2) is 0 Å². The first-order valence-electron chi connectivity index (χ1n) is 9.87. The smallest absolute Gasteiger partial charge is 0.191 e. The van der Waals surface area contributed by atoms with E-state index in [9.17, 15) is 0 Å². The van der Waals surface area contributed by atoms with E-state index in [0.717, 1.165) is 46.7 Å². The number of hydrogen-bond acceptors (Lipinski definition) is 5. The van der Waals surface area contributed by atoms with E-state index in [4.69, 9.17) is 14.0 Å². The van der Waals surface area contributed by atoms with Crippen molar-refractivity contribution in [3.63, 3.8) is 0 Å². The third-order valence-electron chi connectivity index (χ3n) is 4.70. The molecule has 8 heteroatoms. The Hall–Kier alpha value is -2.23. The third-order valence-corrected chi connectivity index (χ3v) is 4.70. The number of methoxy groups -OCH3 is 2. The largest absolute Gasteiger partial charge is 0.493 e. The van der Waals surface area contributed by atoms with Crippen molar-refractivity contribution in [3.05, 3.63) is 52.9 Å². The number of nitrogens with zero attached hydrogens (tertiary/aromatic N) is 2. The van der Waals surface area contributed by atoms with Crippen molar-refractivity contribution in [2.45, 2.75) is 46.2 Å². The highest BCUT2D eigenvalue weighted by Gasteiger charge is 2.14. The highest BCUT2D eigenvalue weighted by molar-refractivity contribution is 14.0. The van der Waals surface area contributed by atoms with Gasteiger partial charge in [-0.2, -0.15) is 0 Å². The number of allylic oxidation sites excluding steroid dienone is 1. The molecule has 0 aliphatic heterocycles. The van der Waals surface area contributed by atoms with E-state index in [-0.39, 0.29) is 24.0 Å². The fraction of sp³-hybridized carbons (Fsp3) is 0.455. The summed E-state index contributed by atoms with van der Waals surface area (Å²) in [4.78, 5) is 4.32. The molecule has 0 saturated heterocycles. The second kappa shape index (κ2) is 13.1. The zero-order chi connectivity index (χ0) is 21.2. The number of guanidine groups is 1. The topological polar surface area (TPSA) is 80.9 Å². The van der Waals surface area contributed by atoms with E-state index in [2.05, 4.69) is 47.3 Å². The van der Waals surface area contributed by atoms with E-state index in [1.165, 1.54) is 0 Å². The fourth-order valence-electron chi connectivity index (χ4n) is 3.23. The standard InChI is InChI=1S/C22H32N4O3.HI/c1-7-10-16-11-15(12-20(27-5)21(16)28-6)13-24-22(23-4)25-14-17-18(8-2)26-29-19(17)9-3;/h7,11-12H,1,8-10,13-14H2,2-6H3,(H2,23,24,25);1H. The lowest BCUT2D eigenvalue weighted by Crippen LogP contribution is -2.36. The van der Waals surface area contributed by atoms with Gasteiger partial charge in [-0.1, -0.05) is 25.1 Å². The average Bonchev–Trinajstić information content (AvgIpc) is 3.15. The van der Waals surface area contributed by atoms with Crippen molar-refractivity contribution in [2.24, 2.45) is 4.99 Å². The van der Waals surface area contributed by atoms with Gasteiger partial charge in [0.2, 0.25) is 0 Å². The van der Waals surface area contributed by atoms with Crippen LogP contribution in [0.2, 0.25) is 0 Å². The second-order valence-corrected chi connectivity index (χ2v) is 6.50. The highest BCUT2D eigenvalue weighted by Crippen LogP contribution is 2.33. The maximum Gasteiger partial charge on any atom is 0.191 e. The van der Waals surface area contributed by atoms with Crippen LogP contribution in [0.25, 0.3) is 0 Å². The van der Waals surface area contributed by atoms with Crippen molar-refractivity contribution in [1.82, 2.24) is 15.8 Å². The van der Waals surface area contributed by atoms with Crippen LogP contribution in [0, 0.1) is 0 Å². The lowest BCUT2D eigenvalue weighted by molar-refractivity contribution is 0.352. The van der Waals surface area contributed by atoms with Gasteiger partial charge in [-0.3, -0.25) is 4.99 Å². The minimum Gasteiger partial charge on any atom is -0.493 e. The molecular formula is C22H33IN4O3. The van der Waals surface area contributed by atoms with Crippen molar-refractivity contribution in [3.8, 4) is 11.5 Å². The molecule has 1 aromatic carbocycles. The number of ether oxygens (including phenoxy) is 2. The molecule has 2 N–H and O–H groups in total. The molecule has 0 radical (unpaired) electrons. The van der Waals surface area contributed by atoms with E-state index < -0.39 is 0 Å². The van der Waals surface area contributed by atoms with Gasteiger partial charge >= 0.3 is 0 Å². The summed E-state index contributed by atoms with van der Waals surface area (Å²) in [6.45, 7) is 9.17. The molecule has 2 rings (SSSR count). The molecule has 0 atom stereocenters. The number of rotatable bonds is 10. The normalized spacial score (nSPS) is 10.9. The maximum absolute atomic E-state index is 5.50. The Morgan fingerprint density at radius 1 is 1.17 bits per heavy atom. The van der Waals surface area contributed by atoms with Crippen LogP contribution >= 0.6 is 24.0 Å². The average molecular weight is 528 g/mol.